The van der Waals surface area contributed by atoms with Crippen LogP contribution in [0.2, 0.25) is 0 Å². The lowest BCUT2D eigenvalue weighted by atomic mass is 10.3. The van der Waals surface area contributed by atoms with Gasteiger partial charge >= 0.3 is 5.76 Å². The van der Waals surface area contributed by atoms with E-state index in [4.69, 9.17) is 9.47 Å². The third-order valence-electron chi connectivity index (χ3n) is 3.02. The average molecular weight is 321 g/mol. The molecule has 1 atom stereocenters. The molecule has 0 amide bonds. The molecule has 0 radical (unpaired) electrons. The van der Waals surface area contributed by atoms with E-state index in [1.807, 2.05) is 0 Å². The van der Waals surface area contributed by atoms with E-state index in [0.717, 1.165) is 6.07 Å². The highest BCUT2D eigenvalue weighted by molar-refractivity contribution is 7.91. The summed E-state index contributed by atoms with van der Waals surface area (Å²) in [6, 6.07) is 5.57. The fourth-order valence-corrected chi connectivity index (χ4v) is 2.95. The maximum absolute atomic E-state index is 12.7. The maximum atomic E-state index is 12.7. The minimum atomic E-state index is -4.64. The van der Waals surface area contributed by atoms with Gasteiger partial charge in [0.05, 0.1) is 17.2 Å². The van der Waals surface area contributed by atoms with Crippen LogP contribution in [0.4, 0.5) is 14.5 Å². The van der Waals surface area contributed by atoms with Gasteiger partial charge in [-0.1, -0.05) is 12.1 Å². The van der Waals surface area contributed by atoms with Gasteiger partial charge in [-0.3, -0.25) is 0 Å². The van der Waals surface area contributed by atoms with Gasteiger partial charge in [0.25, 0.3) is 0 Å². The summed E-state index contributed by atoms with van der Waals surface area (Å²) in [7, 11) is -4.64. The lowest BCUT2D eigenvalue weighted by molar-refractivity contribution is -0.136. The van der Waals surface area contributed by atoms with E-state index < -0.39 is 26.3 Å². The second-order valence-electron chi connectivity index (χ2n) is 5.13. The van der Waals surface area contributed by atoms with Crippen LogP contribution in [0.5, 0.6) is 0 Å². The molecule has 2 rings (SSSR count). The SMILES string of the molecule is CC1(C)OCC(CNc2ccccc2S(=O)(=O)C(F)F)O1. The number of hydrogen-bond donors (Lipinski definition) is 1. The van der Waals surface area contributed by atoms with Crippen LogP contribution in [0.25, 0.3) is 0 Å². The highest BCUT2D eigenvalue weighted by Crippen LogP contribution is 2.27. The maximum Gasteiger partial charge on any atom is 0.341 e. The van der Waals surface area contributed by atoms with Crippen molar-refractivity contribution in [1.29, 1.82) is 0 Å². The summed E-state index contributed by atoms with van der Waals surface area (Å²) in [5, 5.41) is 2.84. The van der Waals surface area contributed by atoms with Gasteiger partial charge in [0.1, 0.15) is 6.10 Å². The Labute approximate surface area is 122 Å². The zero-order valence-corrected chi connectivity index (χ0v) is 12.5. The van der Waals surface area contributed by atoms with Gasteiger partial charge in [-0.05, 0) is 26.0 Å². The molecule has 118 valence electrons. The fourth-order valence-electron chi connectivity index (χ4n) is 2.04. The Morgan fingerprint density at radius 1 is 1.38 bits per heavy atom. The number of rotatable bonds is 5. The Morgan fingerprint density at radius 3 is 2.62 bits per heavy atom. The Hall–Kier alpha value is -1.25. The number of alkyl halides is 2. The largest absolute Gasteiger partial charge is 0.381 e. The van der Waals surface area contributed by atoms with Crippen molar-refractivity contribution in [2.75, 3.05) is 18.5 Å². The zero-order valence-electron chi connectivity index (χ0n) is 11.7. The smallest absolute Gasteiger partial charge is 0.341 e. The number of ether oxygens (including phenoxy) is 2. The Bertz CT molecular complexity index is 604. The molecular formula is C13H17F2NO4S. The predicted octanol–water partition coefficient (Wildman–Crippen LogP) is 2.25. The standard InChI is InChI=1S/C13H17F2NO4S/c1-13(2)19-8-9(20-13)7-16-10-5-3-4-6-11(10)21(17,18)12(14)15/h3-6,9,12,16H,7-8H2,1-2H3. The molecule has 21 heavy (non-hydrogen) atoms. The molecule has 0 saturated carbocycles. The Kier molecular flexibility index (Phi) is 4.50. The van der Waals surface area contributed by atoms with E-state index in [9.17, 15) is 17.2 Å². The summed E-state index contributed by atoms with van der Waals surface area (Å²) in [6.07, 6.45) is -0.276. The van der Waals surface area contributed by atoms with Crippen LogP contribution in [-0.4, -0.2) is 39.2 Å². The van der Waals surface area contributed by atoms with Crippen LogP contribution in [0.3, 0.4) is 0 Å². The van der Waals surface area contributed by atoms with E-state index in [1.165, 1.54) is 12.1 Å². The molecule has 8 heteroatoms. The molecule has 1 aliphatic heterocycles. The third kappa shape index (κ3) is 3.69. The van der Waals surface area contributed by atoms with Gasteiger partial charge in [0.2, 0.25) is 9.84 Å². The van der Waals surface area contributed by atoms with Crippen LogP contribution in [0, 0.1) is 0 Å². The molecular weight excluding hydrogens is 304 g/mol. The fraction of sp³-hybridized carbons (Fsp3) is 0.538. The topological polar surface area (TPSA) is 64.6 Å². The number of halogens is 2. The van der Waals surface area contributed by atoms with Gasteiger partial charge in [-0.25, -0.2) is 8.42 Å². The highest BCUT2D eigenvalue weighted by atomic mass is 32.2. The molecule has 0 aliphatic carbocycles. The van der Waals surface area contributed by atoms with Crippen molar-refractivity contribution in [2.45, 2.75) is 36.4 Å². The zero-order chi connectivity index (χ0) is 15.7. The van der Waals surface area contributed by atoms with Gasteiger partial charge < -0.3 is 14.8 Å². The molecule has 1 heterocycles. The molecule has 1 unspecified atom stereocenters. The van der Waals surface area contributed by atoms with Crippen LogP contribution < -0.4 is 5.32 Å². The van der Waals surface area contributed by atoms with E-state index >= 15 is 0 Å². The van der Waals surface area contributed by atoms with Crippen molar-refractivity contribution in [1.82, 2.24) is 0 Å². The molecule has 5 nitrogen and oxygen atoms in total. The molecule has 1 aromatic rings. The van der Waals surface area contributed by atoms with Gasteiger partial charge in [-0.15, -0.1) is 0 Å². The summed E-state index contributed by atoms with van der Waals surface area (Å²) in [4.78, 5) is -0.418. The molecule has 1 aromatic carbocycles. The van der Waals surface area contributed by atoms with Crippen LogP contribution in [0.15, 0.2) is 29.2 Å². The van der Waals surface area contributed by atoms with Crippen molar-refractivity contribution in [3.63, 3.8) is 0 Å². The monoisotopic (exact) mass is 321 g/mol. The lowest BCUT2D eigenvalue weighted by Crippen LogP contribution is -2.26. The quantitative estimate of drug-likeness (QED) is 0.901. The molecule has 1 aliphatic rings. The Morgan fingerprint density at radius 2 is 2.05 bits per heavy atom. The van der Waals surface area contributed by atoms with Crippen molar-refractivity contribution >= 4 is 15.5 Å². The van der Waals surface area contributed by atoms with Crippen molar-refractivity contribution in [3.05, 3.63) is 24.3 Å². The van der Waals surface area contributed by atoms with Gasteiger partial charge in [-0.2, -0.15) is 8.78 Å². The van der Waals surface area contributed by atoms with E-state index in [0.29, 0.717) is 6.61 Å². The number of hydrogen-bond acceptors (Lipinski definition) is 5. The number of benzene rings is 1. The number of nitrogens with one attached hydrogen (secondary N) is 1. The summed E-state index contributed by atoms with van der Waals surface area (Å²) in [5.74, 6) is -4.15. The first-order valence-corrected chi connectivity index (χ1v) is 7.94. The van der Waals surface area contributed by atoms with Crippen molar-refractivity contribution in [2.24, 2.45) is 0 Å². The summed E-state index contributed by atoms with van der Waals surface area (Å²) in [6.45, 7) is 4.15. The number of sulfone groups is 1. The van der Waals surface area contributed by atoms with Gasteiger partial charge in [0, 0.05) is 6.54 Å². The second kappa shape index (κ2) is 5.86. The third-order valence-corrected chi connectivity index (χ3v) is 4.45. The molecule has 0 bridgehead atoms. The van der Waals surface area contributed by atoms with E-state index in [1.54, 1.807) is 19.9 Å². The highest BCUT2D eigenvalue weighted by Gasteiger charge is 2.33. The first-order valence-electron chi connectivity index (χ1n) is 6.39. The number of anilines is 1. The average Bonchev–Trinajstić information content (AvgIpc) is 2.76. The van der Waals surface area contributed by atoms with Crippen LogP contribution in [0.1, 0.15) is 13.8 Å². The van der Waals surface area contributed by atoms with E-state index in [2.05, 4.69) is 5.32 Å². The normalized spacial score (nSPS) is 21.7. The van der Waals surface area contributed by atoms with Crippen LogP contribution >= 0.6 is 0 Å². The van der Waals surface area contributed by atoms with Crippen molar-refractivity contribution < 1.29 is 26.7 Å². The minimum Gasteiger partial charge on any atom is -0.381 e. The Balaban J connectivity index is 2.12. The van der Waals surface area contributed by atoms with Gasteiger partial charge in [0.15, 0.2) is 5.79 Å². The van der Waals surface area contributed by atoms with Crippen LogP contribution in [-0.2, 0) is 19.3 Å². The lowest BCUT2D eigenvalue weighted by Gasteiger charge is -2.18. The number of para-hydroxylation sites is 1. The summed E-state index contributed by atoms with van der Waals surface area (Å²) >= 11 is 0. The second-order valence-corrected chi connectivity index (χ2v) is 7.02. The van der Waals surface area contributed by atoms with E-state index in [-0.39, 0.29) is 18.3 Å². The summed E-state index contributed by atoms with van der Waals surface area (Å²) < 4.78 is 59.5. The molecule has 1 saturated heterocycles. The molecule has 1 N–H and O–H groups in total. The molecule has 0 spiro atoms. The molecule has 0 aromatic heterocycles. The van der Waals surface area contributed by atoms with Crippen molar-refractivity contribution in [3.8, 4) is 0 Å². The predicted molar refractivity (Wildman–Crippen MR) is 73.0 cm³/mol. The first kappa shape index (κ1) is 16.1. The minimum absolute atomic E-state index is 0.131. The summed E-state index contributed by atoms with van der Waals surface area (Å²) in [5.41, 5.74) is 0.131. The first-order chi connectivity index (χ1) is 9.72. The molecule has 1 fully saturated rings.